The Morgan fingerprint density at radius 1 is 1.32 bits per heavy atom. The van der Waals surface area contributed by atoms with Gasteiger partial charge in [-0.3, -0.25) is 0 Å². The zero-order valence-electron chi connectivity index (χ0n) is 14.9. The molecule has 0 aliphatic carbocycles. The zero-order chi connectivity index (χ0) is 20.5. The van der Waals surface area contributed by atoms with Crippen LogP contribution in [0.2, 0.25) is 0 Å². The largest absolute Gasteiger partial charge is 0.464 e. The average molecular weight is 394 g/mol. The van der Waals surface area contributed by atoms with Crippen LogP contribution < -0.4 is 10.6 Å². The lowest BCUT2D eigenvalue weighted by Gasteiger charge is -2.30. The highest BCUT2D eigenvalue weighted by molar-refractivity contribution is 5.96. The number of nitrogens with two attached hydrogens (primary N) is 1. The SMILES string of the molecule is COC(=O)c1c(N)c(C#N)cn1-c1ccc(N2CCOCC2)cc1C(F)(F)F. The summed E-state index contributed by atoms with van der Waals surface area (Å²) in [4.78, 5) is 13.9. The van der Waals surface area contributed by atoms with Gasteiger partial charge < -0.3 is 24.7 Å². The first-order valence-electron chi connectivity index (χ1n) is 8.31. The summed E-state index contributed by atoms with van der Waals surface area (Å²) in [7, 11) is 1.08. The first-order valence-corrected chi connectivity index (χ1v) is 8.31. The van der Waals surface area contributed by atoms with Crippen molar-refractivity contribution in [3.63, 3.8) is 0 Å². The molecule has 1 aromatic heterocycles. The number of nitrogen functional groups attached to an aromatic ring is 1. The highest BCUT2D eigenvalue weighted by Gasteiger charge is 2.36. The van der Waals surface area contributed by atoms with Gasteiger partial charge in [0.25, 0.3) is 0 Å². The molecule has 1 saturated heterocycles. The van der Waals surface area contributed by atoms with E-state index in [4.69, 9.17) is 15.7 Å². The number of aromatic nitrogens is 1. The van der Waals surface area contributed by atoms with Crippen molar-refractivity contribution in [3.8, 4) is 11.8 Å². The van der Waals surface area contributed by atoms with Gasteiger partial charge in [0.2, 0.25) is 0 Å². The van der Waals surface area contributed by atoms with Crippen LogP contribution in [0.3, 0.4) is 0 Å². The van der Waals surface area contributed by atoms with Crippen LogP contribution in [0.5, 0.6) is 0 Å². The Morgan fingerprint density at radius 2 is 2.00 bits per heavy atom. The second kappa shape index (κ2) is 7.44. The molecular weight excluding hydrogens is 377 g/mol. The topological polar surface area (TPSA) is 93.5 Å². The van der Waals surface area contributed by atoms with Crippen molar-refractivity contribution >= 4 is 17.3 Å². The predicted octanol–water partition coefficient (Wildman–Crippen LogP) is 2.57. The van der Waals surface area contributed by atoms with Crippen LogP contribution in [0.25, 0.3) is 5.69 Å². The van der Waals surface area contributed by atoms with Crippen LogP contribution in [0, 0.1) is 11.3 Å². The van der Waals surface area contributed by atoms with Crippen LogP contribution in [-0.4, -0.2) is 43.9 Å². The number of carbonyl (C=O) groups excluding carboxylic acids is 1. The molecule has 0 amide bonds. The Labute approximate surface area is 158 Å². The van der Waals surface area contributed by atoms with Gasteiger partial charge in [0.05, 0.1) is 42.8 Å². The molecule has 2 aromatic rings. The first kappa shape index (κ1) is 19.6. The van der Waals surface area contributed by atoms with Crippen molar-refractivity contribution in [2.45, 2.75) is 6.18 Å². The van der Waals surface area contributed by atoms with Gasteiger partial charge in [0, 0.05) is 25.0 Å². The van der Waals surface area contributed by atoms with Crippen LogP contribution in [-0.2, 0) is 15.7 Å². The third-order valence-corrected chi connectivity index (χ3v) is 4.46. The van der Waals surface area contributed by atoms with Crippen LogP contribution in [0.1, 0.15) is 21.6 Å². The molecule has 7 nitrogen and oxygen atoms in total. The Balaban J connectivity index is 2.19. The van der Waals surface area contributed by atoms with Crippen molar-refractivity contribution in [2.24, 2.45) is 0 Å². The number of halogens is 3. The summed E-state index contributed by atoms with van der Waals surface area (Å²) in [5.41, 5.74) is 4.21. The standard InChI is InChI=1S/C18H17F3N4O3/c1-27-17(26)16-15(23)11(9-22)10-25(16)14-3-2-12(8-13(14)18(19,20)21)24-4-6-28-7-5-24/h2-3,8,10H,4-7,23H2,1H3. The van der Waals surface area contributed by atoms with Crippen LogP contribution in [0.4, 0.5) is 24.5 Å². The van der Waals surface area contributed by atoms with E-state index in [1.165, 1.54) is 12.1 Å². The summed E-state index contributed by atoms with van der Waals surface area (Å²) in [6.07, 6.45) is -3.60. The van der Waals surface area contributed by atoms with Gasteiger partial charge in [0.15, 0.2) is 5.69 Å². The molecule has 1 aliphatic heterocycles. The Hall–Kier alpha value is -3.19. The van der Waals surface area contributed by atoms with Gasteiger partial charge in [-0.25, -0.2) is 4.79 Å². The van der Waals surface area contributed by atoms with Crippen molar-refractivity contribution in [3.05, 3.63) is 41.2 Å². The van der Waals surface area contributed by atoms with Crippen molar-refractivity contribution in [2.75, 3.05) is 44.0 Å². The molecule has 0 unspecified atom stereocenters. The molecule has 148 valence electrons. The fourth-order valence-corrected chi connectivity index (χ4v) is 3.08. The van der Waals surface area contributed by atoms with Gasteiger partial charge in [-0.2, -0.15) is 18.4 Å². The molecule has 0 radical (unpaired) electrons. The van der Waals surface area contributed by atoms with Gasteiger partial charge in [0.1, 0.15) is 6.07 Å². The summed E-state index contributed by atoms with van der Waals surface area (Å²) < 4.78 is 52.3. The molecule has 1 aromatic carbocycles. The number of alkyl halides is 3. The number of nitrogens with zero attached hydrogens (tertiary/aromatic N) is 3. The molecule has 0 atom stereocenters. The van der Waals surface area contributed by atoms with E-state index in [0.717, 1.165) is 23.9 Å². The van der Waals surface area contributed by atoms with E-state index in [0.29, 0.717) is 32.0 Å². The Bertz CT molecular complexity index is 941. The normalized spacial score (nSPS) is 14.6. The monoisotopic (exact) mass is 394 g/mol. The Kier molecular flexibility index (Phi) is 5.20. The molecule has 1 aliphatic rings. The van der Waals surface area contributed by atoms with Crippen LogP contribution >= 0.6 is 0 Å². The number of nitriles is 1. The molecule has 2 N–H and O–H groups in total. The molecule has 2 heterocycles. The average Bonchev–Trinajstić information content (AvgIpc) is 3.03. The minimum absolute atomic E-state index is 0.120. The maximum atomic E-state index is 13.8. The van der Waals surface area contributed by atoms with Crippen molar-refractivity contribution in [1.29, 1.82) is 5.26 Å². The second-order valence-corrected chi connectivity index (χ2v) is 6.08. The fraction of sp³-hybridized carbons (Fsp3) is 0.333. The molecule has 10 heteroatoms. The lowest BCUT2D eigenvalue weighted by Crippen LogP contribution is -2.36. The molecular formula is C18H17F3N4O3. The summed E-state index contributed by atoms with van der Waals surface area (Å²) in [5, 5.41) is 9.16. The molecule has 0 spiro atoms. The molecule has 3 rings (SSSR count). The number of methoxy groups -OCH3 is 1. The van der Waals surface area contributed by atoms with Gasteiger partial charge in [-0.1, -0.05) is 0 Å². The maximum Gasteiger partial charge on any atom is 0.418 e. The minimum Gasteiger partial charge on any atom is -0.464 e. The number of morpholine rings is 1. The van der Waals surface area contributed by atoms with Gasteiger partial charge in [-0.15, -0.1) is 0 Å². The number of rotatable bonds is 3. The molecule has 0 saturated carbocycles. The smallest absolute Gasteiger partial charge is 0.418 e. The number of benzene rings is 1. The fourth-order valence-electron chi connectivity index (χ4n) is 3.08. The quantitative estimate of drug-likeness (QED) is 0.805. The number of hydrogen-bond acceptors (Lipinski definition) is 6. The number of esters is 1. The number of carbonyl (C=O) groups is 1. The van der Waals surface area contributed by atoms with Crippen LogP contribution in [0.15, 0.2) is 24.4 Å². The zero-order valence-corrected chi connectivity index (χ0v) is 14.9. The third kappa shape index (κ3) is 3.48. The highest BCUT2D eigenvalue weighted by Crippen LogP contribution is 2.38. The number of anilines is 2. The summed E-state index contributed by atoms with van der Waals surface area (Å²) in [6.45, 7) is 1.79. The van der Waals surface area contributed by atoms with E-state index >= 15 is 0 Å². The molecule has 28 heavy (non-hydrogen) atoms. The first-order chi connectivity index (χ1) is 13.3. The van der Waals surface area contributed by atoms with E-state index in [2.05, 4.69) is 4.74 Å². The predicted molar refractivity (Wildman–Crippen MR) is 94.3 cm³/mol. The van der Waals surface area contributed by atoms with Gasteiger partial charge in [-0.05, 0) is 18.2 Å². The lowest BCUT2D eigenvalue weighted by molar-refractivity contribution is -0.137. The number of ether oxygens (including phenoxy) is 2. The van der Waals surface area contributed by atoms with E-state index in [1.807, 2.05) is 0 Å². The minimum atomic E-state index is -4.70. The lowest BCUT2D eigenvalue weighted by atomic mass is 10.1. The summed E-state index contributed by atoms with van der Waals surface area (Å²) in [5.74, 6) is -0.940. The maximum absolute atomic E-state index is 13.8. The summed E-state index contributed by atoms with van der Waals surface area (Å²) in [6, 6.07) is 5.56. The van der Waals surface area contributed by atoms with E-state index in [1.54, 1.807) is 11.0 Å². The van der Waals surface area contributed by atoms with E-state index < -0.39 is 17.7 Å². The van der Waals surface area contributed by atoms with E-state index in [-0.39, 0.29) is 22.6 Å². The third-order valence-electron chi connectivity index (χ3n) is 4.46. The van der Waals surface area contributed by atoms with Crippen molar-refractivity contribution in [1.82, 2.24) is 4.57 Å². The Morgan fingerprint density at radius 3 is 2.57 bits per heavy atom. The molecule has 0 bridgehead atoms. The molecule has 1 fully saturated rings. The number of hydrogen-bond donors (Lipinski definition) is 1. The second-order valence-electron chi connectivity index (χ2n) is 6.08. The van der Waals surface area contributed by atoms with E-state index in [9.17, 15) is 18.0 Å². The highest BCUT2D eigenvalue weighted by atomic mass is 19.4. The van der Waals surface area contributed by atoms with Gasteiger partial charge >= 0.3 is 12.1 Å². The summed E-state index contributed by atoms with van der Waals surface area (Å²) >= 11 is 0. The van der Waals surface area contributed by atoms with Crippen molar-refractivity contribution < 1.29 is 27.4 Å².